The SMILES string of the molecule is O=C(c1ccc2nsnc2c1)N1CCC(C2CCNCC2)CC1. The van der Waals surface area contributed by atoms with Gasteiger partial charge in [-0.3, -0.25) is 4.79 Å². The van der Waals surface area contributed by atoms with E-state index in [1.54, 1.807) is 0 Å². The zero-order valence-electron chi connectivity index (χ0n) is 13.2. The average Bonchev–Trinajstić information content (AvgIpc) is 3.10. The van der Waals surface area contributed by atoms with Gasteiger partial charge in [0, 0.05) is 18.7 Å². The van der Waals surface area contributed by atoms with Crippen LogP contribution in [-0.4, -0.2) is 45.7 Å². The number of rotatable bonds is 2. The van der Waals surface area contributed by atoms with Crippen LogP contribution in [0.15, 0.2) is 18.2 Å². The molecule has 0 bridgehead atoms. The first-order valence-electron chi connectivity index (χ1n) is 8.53. The third-order valence-corrected chi connectivity index (χ3v) is 5.93. The van der Waals surface area contributed by atoms with Gasteiger partial charge in [-0.2, -0.15) is 8.75 Å². The van der Waals surface area contributed by atoms with Crippen molar-refractivity contribution in [1.29, 1.82) is 0 Å². The van der Waals surface area contributed by atoms with Crippen molar-refractivity contribution in [3.63, 3.8) is 0 Å². The fourth-order valence-corrected chi connectivity index (χ4v) is 4.50. The molecule has 0 atom stereocenters. The normalized spacial score (nSPS) is 21.0. The van der Waals surface area contributed by atoms with Crippen molar-refractivity contribution in [2.75, 3.05) is 26.2 Å². The van der Waals surface area contributed by atoms with Crippen LogP contribution in [0.4, 0.5) is 0 Å². The van der Waals surface area contributed by atoms with Crippen molar-refractivity contribution in [3.8, 4) is 0 Å². The molecule has 2 fully saturated rings. The van der Waals surface area contributed by atoms with Gasteiger partial charge in [0.25, 0.3) is 5.91 Å². The van der Waals surface area contributed by atoms with E-state index in [1.165, 1.54) is 24.6 Å². The summed E-state index contributed by atoms with van der Waals surface area (Å²) in [6, 6.07) is 5.65. The van der Waals surface area contributed by atoms with Gasteiger partial charge in [-0.15, -0.1) is 0 Å². The highest BCUT2D eigenvalue weighted by Crippen LogP contribution is 2.31. The molecule has 23 heavy (non-hydrogen) atoms. The van der Waals surface area contributed by atoms with E-state index < -0.39 is 0 Å². The molecular formula is C17H22N4OS. The smallest absolute Gasteiger partial charge is 0.253 e. The molecule has 2 saturated heterocycles. The first kappa shape index (κ1) is 15.0. The molecule has 0 radical (unpaired) electrons. The molecule has 4 rings (SSSR count). The zero-order chi connectivity index (χ0) is 15.6. The Morgan fingerprint density at radius 2 is 1.74 bits per heavy atom. The number of nitrogens with zero attached hydrogens (tertiary/aromatic N) is 3. The van der Waals surface area contributed by atoms with Crippen LogP contribution in [0, 0.1) is 11.8 Å². The lowest BCUT2D eigenvalue weighted by molar-refractivity contribution is 0.0642. The summed E-state index contributed by atoms with van der Waals surface area (Å²) in [6.07, 6.45) is 4.89. The number of fused-ring (bicyclic) bond motifs is 1. The summed E-state index contributed by atoms with van der Waals surface area (Å²) >= 11 is 1.19. The van der Waals surface area contributed by atoms with Crippen LogP contribution >= 0.6 is 11.7 Å². The van der Waals surface area contributed by atoms with E-state index in [9.17, 15) is 4.79 Å². The second-order valence-corrected chi connectivity index (χ2v) is 7.21. The average molecular weight is 330 g/mol. The first-order chi connectivity index (χ1) is 11.3. The van der Waals surface area contributed by atoms with Crippen molar-refractivity contribution >= 4 is 28.7 Å². The van der Waals surface area contributed by atoms with Gasteiger partial charge in [0.15, 0.2) is 0 Å². The maximum Gasteiger partial charge on any atom is 0.253 e. The van der Waals surface area contributed by atoms with Crippen LogP contribution in [0.1, 0.15) is 36.0 Å². The van der Waals surface area contributed by atoms with E-state index in [0.717, 1.165) is 67.5 Å². The Labute approximate surface area is 140 Å². The number of piperidine rings is 2. The number of aromatic nitrogens is 2. The Hall–Kier alpha value is -1.53. The van der Waals surface area contributed by atoms with Crippen LogP contribution in [0.3, 0.4) is 0 Å². The third kappa shape index (κ3) is 3.10. The minimum atomic E-state index is 0.142. The molecule has 5 nitrogen and oxygen atoms in total. The van der Waals surface area contributed by atoms with Gasteiger partial charge in [-0.1, -0.05) is 0 Å². The minimum Gasteiger partial charge on any atom is -0.339 e. The Morgan fingerprint density at radius 3 is 2.52 bits per heavy atom. The molecule has 3 heterocycles. The van der Waals surface area contributed by atoms with Gasteiger partial charge < -0.3 is 10.2 Å². The fraction of sp³-hybridized carbons (Fsp3) is 0.588. The number of carbonyl (C=O) groups excluding carboxylic acids is 1. The Morgan fingerprint density at radius 1 is 1.04 bits per heavy atom. The van der Waals surface area contributed by atoms with Gasteiger partial charge >= 0.3 is 0 Å². The number of hydrogen-bond donors (Lipinski definition) is 1. The summed E-state index contributed by atoms with van der Waals surface area (Å²) < 4.78 is 8.43. The van der Waals surface area contributed by atoms with Crippen molar-refractivity contribution < 1.29 is 4.79 Å². The van der Waals surface area contributed by atoms with E-state index in [-0.39, 0.29) is 5.91 Å². The molecule has 0 spiro atoms. The molecule has 2 aliphatic heterocycles. The van der Waals surface area contributed by atoms with E-state index in [4.69, 9.17) is 0 Å². The fourth-order valence-electron chi connectivity index (χ4n) is 3.99. The van der Waals surface area contributed by atoms with Gasteiger partial charge in [-0.05, 0) is 68.8 Å². The van der Waals surface area contributed by atoms with Crippen LogP contribution < -0.4 is 5.32 Å². The van der Waals surface area contributed by atoms with Crippen LogP contribution in [0.25, 0.3) is 11.0 Å². The maximum absolute atomic E-state index is 12.7. The second-order valence-electron chi connectivity index (χ2n) is 6.68. The van der Waals surface area contributed by atoms with Crippen molar-refractivity contribution in [2.24, 2.45) is 11.8 Å². The number of likely N-dealkylation sites (tertiary alicyclic amines) is 1. The largest absolute Gasteiger partial charge is 0.339 e. The predicted octanol–water partition coefficient (Wildman–Crippen LogP) is 2.54. The molecule has 0 saturated carbocycles. The van der Waals surface area contributed by atoms with E-state index in [1.807, 2.05) is 23.1 Å². The molecule has 1 aromatic carbocycles. The second kappa shape index (κ2) is 6.53. The molecule has 1 N–H and O–H groups in total. The summed E-state index contributed by atoms with van der Waals surface area (Å²) in [4.78, 5) is 14.7. The lowest BCUT2D eigenvalue weighted by Crippen LogP contribution is -2.42. The van der Waals surface area contributed by atoms with Crippen molar-refractivity contribution in [3.05, 3.63) is 23.8 Å². The summed E-state index contributed by atoms with van der Waals surface area (Å²) in [5.74, 6) is 1.79. The summed E-state index contributed by atoms with van der Waals surface area (Å²) in [5.41, 5.74) is 2.44. The van der Waals surface area contributed by atoms with E-state index in [0.29, 0.717) is 0 Å². The molecule has 6 heteroatoms. The number of carbonyl (C=O) groups is 1. The standard InChI is InChI=1S/C17H22N4OS/c22-17(14-1-2-15-16(11-14)20-23-19-15)21-9-5-13(6-10-21)12-3-7-18-8-4-12/h1-2,11-13,18H,3-10H2. The van der Waals surface area contributed by atoms with Gasteiger partial charge in [0.2, 0.25) is 0 Å². The van der Waals surface area contributed by atoms with Gasteiger partial charge in [-0.25, -0.2) is 0 Å². The predicted molar refractivity (Wildman–Crippen MR) is 91.6 cm³/mol. The summed E-state index contributed by atoms with van der Waals surface area (Å²) in [6.45, 7) is 4.10. The molecule has 1 amide bonds. The maximum atomic E-state index is 12.7. The minimum absolute atomic E-state index is 0.142. The van der Waals surface area contributed by atoms with Crippen molar-refractivity contribution in [2.45, 2.75) is 25.7 Å². The monoisotopic (exact) mass is 330 g/mol. The topological polar surface area (TPSA) is 58.1 Å². The number of nitrogens with one attached hydrogen (secondary N) is 1. The molecule has 0 unspecified atom stereocenters. The first-order valence-corrected chi connectivity index (χ1v) is 9.26. The molecule has 2 aromatic rings. The summed E-state index contributed by atoms with van der Waals surface area (Å²) in [7, 11) is 0. The van der Waals surface area contributed by atoms with E-state index >= 15 is 0 Å². The van der Waals surface area contributed by atoms with Crippen molar-refractivity contribution in [1.82, 2.24) is 19.0 Å². The van der Waals surface area contributed by atoms with Crippen LogP contribution in [-0.2, 0) is 0 Å². The molecular weight excluding hydrogens is 308 g/mol. The van der Waals surface area contributed by atoms with E-state index in [2.05, 4.69) is 14.1 Å². The molecule has 2 aliphatic rings. The number of hydrogen-bond acceptors (Lipinski definition) is 5. The molecule has 0 aliphatic carbocycles. The Bertz CT molecular complexity index is 687. The zero-order valence-corrected chi connectivity index (χ0v) is 14.0. The summed E-state index contributed by atoms with van der Waals surface area (Å²) in [5, 5.41) is 3.44. The molecule has 1 aromatic heterocycles. The number of benzene rings is 1. The van der Waals surface area contributed by atoms with Crippen LogP contribution in [0.5, 0.6) is 0 Å². The quantitative estimate of drug-likeness (QED) is 0.919. The Balaban J connectivity index is 1.40. The lowest BCUT2D eigenvalue weighted by atomic mass is 9.79. The van der Waals surface area contributed by atoms with Gasteiger partial charge in [0.1, 0.15) is 11.0 Å². The highest BCUT2D eigenvalue weighted by Gasteiger charge is 2.29. The molecule has 122 valence electrons. The lowest BCUT2D eigenvalue weighted by Gasteiger charge is -2.37. The highest BCUT2D eigenvalue weighted by molar-refractivity contribution is 7.00. The number of amides is 1. The van der Waals surface area contributed by atoms with Crippen LogP contribution in [0.2, 0.25) is 0 Å². The third-order valence-electron chi connectivity index (χ3n) is 5.38. The highest BCUT2D eigenvalue weighted by atomic mass is 32.1. The van der Waals surface area contributed by atoms with Gasteiger partial charge in [0.05, 0.1) is 11.7 Å². The Kier molecular flexibility index (Phi) is 4.27.